The minimum atomic E-state index is -0.924. The van der Waals surface area contributed by atoms with Gasteiger partial charge in [0, 0.05) is 10.0 Å². The van der Waals surface area contributed by atoms with Crippen molar-refractivity contribution in [1.82, 2.24) is 0 Å². The highest BCUT2D eigenvalue weighted by Gasteiger charge is 2.38. The quantitative estimate of drug-likeness (QED) is 0.895. The predicted octanol–water partition coefficient (Wildman–Crippen LogP) is 1.75. The van der Waals surface area contributed by atoms with Gasteiger partial charge in [-0.2, -0.15) is 0 Å². The van der Waals surface area contributed by atoms with Gasteiger partial charge >= 0.3 is 0 Å². The van der Waals surface area contributed by atoms with E-state index in [-0.39, 0.29) is 12.4 Å². The van der Waals surface area contributed by atoms with Crippen molar-refractivity contribution in [3.8, 4) is 0 Å². The molecule has 82 valence electrons. The van der Waals surface area contributed by atoms with E-state index in [0.29, 0.717) is 17.7 Å². The number of nitrogens with two attached hydrogens (primary N) is 1. The van der Waals surface area contributed by atoms with Gasteiger partial charge < -0.3 is 15.2 Å². The summed E-state index contributed by atoms with van der Waals surface area (Å²) in [4.78, 5) is 0. The molecule has 1 saturated heterocycles. The Bertz CT molecular complexity index is 366. The lowest BCUT2D eigenvalue weighted by molar-refractivity contribution is -0.157. The summed E-state index contributed by atoms with van der Waals surface area (Å²) >= 11 is 3.28. The standard InChI is InChI=1S/C10H11BrFNO2/c11-9-5-7(12)1-2-8(9)10(6-13)14-3-4-15-10/h1-2,5H,3-4,6,13H2. The van der Waals surface area contributed by atoms with Crippen LogP contribution in [0.3, 0.4) is 0 Å². The molecule has 0 atom stereocenters. The van der Waals surface area contributed by atoms with Gasteiger partial charge in [0.05, 0.1) is 19.8 Å². The molecule has 1 aromatic carbocycles. The topological polar surface area (TPSA) is 44.5 Å². The molecule has 2 rings (SSSR count). The Kier molecular flexibility index (Phi) is 3.06. The second-order valence-corrected chi connectivity index (χ2v) is 4.13. The van der Waals surface area contributed by atoms with Gasteiger partial charge in [0.2, 0.25) is 5.79 Å². The van der Waals surface area contributed by atoms with Crippen molar-refractivity contribution < 1.29 is 13.9 Å². The first kappa shape index (κ1) is 11.0. The molecule has 0 bridgehead atoms. The van der Waals surface area contributed by atoms with Crippen molar-refractivity contribution in [2.24, 2.45) is 5.73 Å². The average Bonchev–Trinajstić information content (AvgIpc) is 2.67. The summed E-state index contributed by atoms with van der Waals surface area (Å²) in [7, 11) is 0. The highest BCUT2D eigenvalue weighted by molar-refractivity contribution is 9.10. The predicted molar refractivity (Wildman–Crippen MR) is 56.7 cm³/mol. The van der Waals surface area contributed by atoms with Gasteiger partial charge in [-0.3, -0.25) is 0 Å². The van der Waals surface area contributed by atoms with Gasteiger partial charge in [-0.05, 0) is 18.2 Å². The molecule has 1 heterocycles. The third-order valence-corrected chi connectivity index (χ3v) is 3.02. The Morgan fingerprint density at radius 1 is 1.40 bits per heavy atom. The SMILES string of the molecule is NCC1(c2ccc(F)cc2Br)OCCO1. The molecule has 1 aromatic rings. The Balaban J connectivity index is 2.42. The summed E-state index contributed by atoms with van der Waals surface area (Å²) in [6.07, 6.45) is 0. The zero-order chi connectivity index (χ0) is 10.9. The maximum absolute atomic E-state index is 12.9. The van der Waals surface area contributed by atoms with E-state index in [0.717, 1.165) is 5.56 Å². The number of rotatable bonds is 2. The molecule has 0 amide bonds. The van der Waals surface area contributed by atoms with Crippen LogP contribution < -0.4 is 5.73 Å². The molecule has 15 heavy (non-hydrogen) atoms. The van der Waals surface area contributed by atoms with Crippen LogP contribution in [0, 0.1) is 5.82 Å². The molecule has 0 saturated carbocycles. The van der Waals surface area contributed by atoms with Crippen LogP contribution in [0.5, 0.6) is 0 Å². The van der Waals surface area contributed by atoms with E-state index in [1.54, 1.807) is 6.07 Å². The fourth-order valence-electron chi connectivity index (χ4n) is 1.64. The van der Waals surface area contributed by atoms with Crippen LogP contribution in [0.2, 0.25) is 0 Å². The monoisotopic (exact) mass is 275 g/mol. The molecule has 0 radical (unpaired) electrons. The van der Waals surface area contributed by atoms with Crippen molar-refractivity contribution >= 4 is 15.9 Å². The third kappa shape index (κ3) is 1.92. The summed E-state index contributed by atoms with van der Waals surface area (Å²) in [5, 5.41) is 0. The van der Waals surface area contributed by atoms with Crippen molar-refractivity contribution in [2.75, 3.05) is 19.8 Å². The van der Waals surface area contributed by atoms with E-state index < -0.39 is 5.79 Å². The number of benzene rings is 1. The summed E-state index contributed by atoms with van der Waals surface area (Å²) in [6.45, 7) is 1.21. The Labute approximate surface area is 95.5 Å². The minimum absolute atomic E-state index is 0.206. The van der Waals surface area contributed by atoms with Gasteiger partial charge in [0.1, 0.15) is 5.82 Å². The highest BCUT2D eigenvalue weighted by Crippen LogP contribution is 2.35. The van der Waals surface area contributed by atoms with Gasteiger partial charge in [0.25, 0.3) is 0 Å². The second-order valence-electron chi connectivity index (χ2n) is 3.28. The Morgan fingerprint density at radius 3 is 2.60 bits per heavy atom. The molecule has 1 fully saturated rings. The molecule has 1 aliphatic heterocycles. The number of ether oxygens (including phenoxy) is 2. The van der Waals surface area contributed by atoms with Gasteiger partial charge in [-0.15, -0.1) is 0 Å². The fourth-order valence-corrected chi connectivity index (χ4v) is 2.29. The van der Waals surface area contributed by atoms with E-state index >= 15 is 0 Å². The molecular formula is C10H11BrFNO2. The fraction of sp³-hybridized carbons (Fsp3) is 0.400. The van der Waals surface area contributed by atoms with E-state index in [1.807, 2.05) is 0 Å². The van der Waals surface area contributed by atoms with Crippen molar-refractivity contribution in [3.05, 3.63) is 34.1 Å². The maximum Gasteiger partial charge on any atom is 0.208 e. The first-order chi connectivity index (χ1) is 7.18. The first-order valence-corrected chi connectivity index (χ1v) is 5.41. The van der Waals surface area contributed by atoms with Crippen molar-refractivity contribution in [1.29, 1.82) is 0 Å². The van der Waals surface area contributed by atoms with Crippen LogP contribution in [-0.2, 0) is 15.3 Å². The molecule has 2 N–H and O–H groups in total. The first-order valence-electron chi connectivity index (χ1n) is 4.61. The Morgan fingerprint density at radius 2 is 2.07 bits per heavy atom. The van der Waals surface area contributed by atoms with Gasteiger partial charge in [-0.25, -0.2) is 4.39 Å². The number of halogens is 2. The van der Waals surface area contributed by atoms with Crippen molar-refractivity contribution in [3.63, 3.8) is 0 Å². The van der Waals surface area contributed by atoms with Crippen LogP contribution in [0.25, 0.3) is 0 Å². The lowest BCUT2D eigenvalue weighted by Crippen LogP contribution is -2.36. The average molecular weight is 276 g/mol. The zero-order valence-corrected chi connectivity index (χ0v) is 9.59. The van der Waals surface area contributed by atoms with E-state index in [9.17, 15) is 4.39 Å². The van der Waals surface area contributed by atoms with Crippen LogP contribution >= 0.6 is 15.9 Å². The van der Waals surface area contributed by atoms with Crippen LogP contribution in [0.1, 0.15) is 5.56 Å². The normalized spacial score (nSPS) is 19.4. The van der Waals surface area contributed by atoms with Crippen LogP contribution in [0.15, 0.2) is 22.7 Å². The maximum atomic E-state index is 12.9. The van der Waals surface area contributed by atoms with Gasteiger partial charge in [0.15, 0.2) is 0 Å². The van der Waals surface area contributed by atoms with E-state index in [4.69, 9.17) is 15.2 Å². The van der Waals surface area contributed by atoms with E-state index in [1.165, 1.54) is 12.1 Å². The molecule has 3 nitrogen and oxygen atoms in total. The van der Waals surface area contributed by atoms with Crippen molar-refractivity contribution in [2.45, 2.75) is 5.79 Å². The lowest BCUT2D eigenvalue weighted by atomic mass is 10.1. The lowest BCUT2D eigenvalue weighted by Gasteiger charge is -2.27. The molecular weight excluding hydrogens is 265 g/mol. The van der Waals surface area contributed by atoms with Crippen LogP contribution in [-0.4, -0.2) is 19.8 Å². The summed E-state index contributed by atoms with van der Waals surface area (Å²) in [5.41, 5.74) is 6.37. The van der Waals surface area contributed by atoms with Gasteiger partial charge in [-0.1, -0.05) is 15.9 Å². The second kappa shape index (κ2) is 4.17. The third-order valence-electron chi connectivity index (χ3n) is 2.36. The van der Waals surface area contributed by atoms with Crippen LogP contribution in [0.4, 0.5) is 4.39 Å². The highest BCUT2D eigenvalue weighted by atomic mass is 79.9. The summed E-state index contributed by atoms with van der Waals surface area (Å²) in [5.74, 6) is -1.23. The molecule has 5 heteroatoms. The smallest absolute Gasteiger partial charge is 0.208 e. The minimum Gasteiger partial charge on any atom is -0.342 e. The summed E-state index contributed by atoms with van der Waals surface area (Å²) < 4.78 is 24.5. The number of hydrogen-bond donors (Lipinski definition) is 1. The molecule has 0 aromatic heterocycles. The Hall–Kier alpha value is -0.490. The molecule has 0 spiro atoms. The molecule has 1 aliphatic rings. The number of hydrogen-bond acceptors (Lipinski definition) is 3. The van der Waals surface area contributed by atoms with E-state index in [2.05, 4.69) is 15.9 Å². The largest absolute Gasteiger partial charge is 0.342 e. The molecule has 0 unspecified atom stereocenters. The zero-order valence-electron chi connectivity index (χ0n) is 8.00. The molecule has 0 aliphatic carbocycles. The summed E-state index contributed by atoms with van der Waals surface area (Å²) in [6, 6.07) is 4.36.